The second-order valence-electron chi connectivity index (χ2n) is 9.29. The first-order chi connectivity index (χ1) is 21.2. The Morgan fingerprint density at radius 2 is 1.70 bits per heavy atom. The van der Waals surface area contributed by atoms with E-state index < -0.39 is 17.1 Å². The van der Waals surface area contributed by atoms with E-state index in [-0.39, 0.29) is 11.6 Å². The average Bonchev–Trinajstić information content (AvgIpc) is 3.71. The molecule has 2 aromatic heterocycles. The maximum atomic E-state index is 13.3. The van der Waals surface area contributed by atoms with Gasteiger partial charge in [-0.05, 0) is 66.9 Å². The number of benzene rings is 3. The molecule has 222 valence electrons. The number of anilines is 2. The monoisotopic (exact) mass is 678 g/mol. The Morgan fingerprint density at radius 1 is 0.886 bits per heavy atom. The average molecular weight is 680 g/mol. The number of thiazole rings is 1. The summed E-state index contributed by atoms with van der Waals surface area (Å²) < 4.78 is 0. The van der Waals surface area contributed by atoms with Crippen molar-refractivity contribution in [2.45, 2.75) is 17.1 Å². The van der Waals surface area contributed by atoms with Crippen LogP contribution in [0.3, 0.4) is 0 Å². The molecule has 0 bridgehead atoms. The van der Waals surface area contributed by atoms with Crippen LogP contribution in [0.15, 0.2) is 106 Å². The number of hydrogen-bond donors (Lipinski definition) is 3. The topological polar surface area (TPSA) is 100 Å². The van der Waals surface area contributed by atoms with Gasteiger partial charge in [-0.15, -0.1) is 34.4 Å². The number of carbonyl (C=O) groups is 3. The lowest BCUT2D eigenvalue weighted by Crippen LogP contribution is -2.30. The molecule has 1 unspecified atom stereocenters. The standard InChI is InChI=1S/C32H24Cl2N4O3S3/c1-19(29(39)38-32-37-28(18-43-32)21-12-13-25(33)26(34)15-21)44-24-10-5-9-22(16-24)35-31(41)27(17-23-11-6-14-42-23)36-30(40)20-7-3-2-4-8-20/h2-19H,1H3,(H,35,41)(H,36,40)(H,37,38,39)/b27-17-. The van der Waals surface area contributed by atoms with Gasteiger partial charge in [-0.1, -0.05) is 59.6 Å². The number of amides is 3. The summed E-state index contributed by atoms with van der Waals surface area (Å²) in [5, 5.41) is 13.1. The van der Waals surface area contributed by atoms with Crippen molar-refractivity contribution in [1.82, 2.24) is 10.3 Å². The second-order valence-corrected chi connectivity index (χ2v) is 13.4. The van der Waals surface area contributed by atoms with Crippen LogP contribution < -0.4 is 16.0 Å². The van der Waals surface area contributed by atoms with E-state index in [1.807, 2.05) is 41.1 Å². The molecule has 5 aromatic rings. The third kappa shape index (κ3) is 8.37. The molecular weight excluding hydrogens is 655 g/mol. The fourth-order valence-electron chi connectivity index (χ4n) is 3.89. The van der Waals surface area contributed by atoms with E-state index in [4.69, 9.17) is 23.2 Å². The Hall–Kier alpha value is -3.93. The van der Waals surface area contributed by atoms with Crippen LogP contribution in [0.1, 0.15) is 22.2 Å². The van der Waals surface area contributed by atoms with Crippen molar-refractivity contribution in [2.75, 3.05) is 10.6 Å². The normalized spacial score (nSPS) is 11.9. The van der Waals surface area contributed by atoms with Crippen molar-refractivity contribution in [3.63, 3.8) is 0 Å². The number of carbonyl (C=O) groups excluding carboxylic acids is 3. The molecule has 44 heavy (non-hydrogen) atoms. The molecule has 0 radical (unpaired) electrons. The van der Waals surface area contributed by atoms with Crippen LogP contribution in [0.25, 0.3) is 17.3 Å². The van der Waals surface area contributed by atoms with Crippen LogP contribution in [-0.2, 0) is 9.59 Å². The zero-order valence-corrected chi connectivity index (χ0v) is 27.0. The predicted octanol–water partition coefficient (Wildman–Crippen LogP) is 8.71. The first-order valence-corrected chi connectivity index (χ1v) is 16.6. The van der Waals surface area contributed by atoms with Gasteiger partial charge >= 0.3 is 0 Å². The highest BCUT2D eigenvalue weighted by Crippen LogP contribution is 2.31. The second kappa shape index (κ2) is 14.7. The highest BCUT2D eigenvalue weighted by molar-refractivity contribution is 8.00. The summed E-state index contributed by atoms with van der Waals surface area (Å²) in [6.45, 7) is 1.79. The molecule has 7 nitrogen and oxygen atoms in total. The molecule has 0 aliphatic heterocycles. The molecule has 3 N–H and O–H groups in total. The van der Waals surface area contributed by atoms with Gasteiger partial charge in [0, 0.05) is 32.0 Å². The van der Waals surface area contributed by atoms with Gasteiger partial charge in [-0.25, -0.2) is 4.98 Å². The summed E-state index contributed by atoms with van der Waals surface area (Å²) in [5.74, 6) is -1.08. The highest BCUT2D eigenvalue weighted by Gasteiger charge is 2.19. The lowest BCUT2D eigenvalue weighted by molar-refractivity contribution is -0.115. The maximum absolute atomic E-state index is 13.3. The SMILES string of the molecule is CC(Sc1cccc(NC(=O)/C(=C/c2cccs2)NC(=O)c2ccccc2)c1)C(=O)Nc1nc(-c2ccc(Cl)c(Cl)c2)cs1. The van der Waals surface area contributed by atoms with Crippen molar-refractivity contribution in [1.29, 1.82) is 0 Å². The molecule has 12 heteroatoms. The Kier molecular flexibility index (Phi) is 10.5. The number of rotatable bonds is 10. The van der Waals surface area contributed by atoms with E-state index in [1.165, 1.54) is 34.4 Å². The largest absolute Gasteiger partial charge is 0.321 e. The summed E-state index contributed by atoms with van der Waals surface area (Å²) in [6.07, 6.45) is 1.64. The minimum Gasteiger partial charge on any atom is -0.321 e. The molecule has 3 aromatic carbocycles. The van der Waals surface area contributed by atoms with E-state index in [1.54, 1.807) is 67.6 Å². The van der Waals surface area contributed by atoms with Gasteiger partial charge in [0.05, 0.1) is 21.0 Å². The van der Waals surface area contributed by atoms with Crippen molar-refractivity contribution in [3.8, 4) is 11.3 Å². The Bertz CT molecular complexity index is 1830. The van der Waals surface area contributed by atoms with Crippen LogP contribution in [0.2, 0.25) is 10.0 Å². The molecular formula is C32H24Cl2N4O3S3. The van der Waals surface area contributed by atoms with Crippen LogP contribution in [0.4, 0.5) is 10.8 Å². The molecule has 0 saturated heterocycles. The minimum atomic E-state index is -0.475. The van der Waals surface area contributed by atoms with Gasteiger partial charge in [-0.3, -0.25) is 14.4 Å². The summed E-state index contributed by atoms with van der Waals surface area (Å²) in [4.78, 5) is 45.2. The van der Waals surface area contributed by atoms with Crippen molar-refractivity contribution < 1.29 is 14.4 Å². The zero-order chi connectivity index (χ0) is 31.1. The van der Waals surface area contributed by atoms with Gasteiger partial charge in [0.15, 0.2) is 5.13 Å². The number of nitrogens with one attached hydrogen (secondary N) is 3. The smallest absolute Gasteiger partial charge is 0.272 e. The lowest BCUT2D eigenvalue weighted by Gasteiger charge is -2.13. The number of aromatic nitrogens is 1. The summed E-state index contributed by atoms with van der Waals surface area (Å²) in [7, 11) is 0. The van der Waals surface area contributed by atoms with E-state index in [9.17, 15) is 14.4 Å². The van der Waals surface area contributed by atoms with E-state index in [2.05, 4.69) is 20.9 Å². The van der Waals surface area contributed by atoms with Gasteiger partial charge in [0.1, 0.15) is 5.70 Å². The third-order valence-corrected chi connectivity index (χ3v) is 9.49. The molecule has 0 aliphatic carbocycles. The fraction of sp³-hybridized carbons (Fsp3) is 0.0625. The number of hydrogen-bond acceptors (Lipinski definition) is 7. The number of halogens is 2. The Labute approximate surface area is 276 Å². The van der Waals surface area contributed by atoms with Crippen molar-refractivity contribution >= 4 is 92.3 Å². The molecule has 0 saturated carbocycles. The summed E-state index contributed by atoms with van der Waals surface area (Å²) in [6, 6.07) is 24.8. The number of thioether (sulfide) groups is 1. The quantitative estimate of drug-likeness (QED) is 0.101. The number of nitrogens with zero attached hydrogens (tertiary/aromatic N) is 1. The van der Waals surface area contributed by atoms with Gasteiger partial charge < -0.3 is 16.0 Å². The molecule has 0 spiro atoms. The van der Waals surface area contributed by atoms with Gasteiger partial charge in [-0.2, -0.15) is 0 Å². The van der Waals surface area contributed by atoms with Gasteiger partial charge in [0.2, 0.25) is 5.91 Å². The highest BCUT2D eigenvalue weighted by atomic mass is 35.5. The zero-order valence-electron chi connectivity index (χ0n) is 23.0. The molecule has 2 heterocycles. The van der Waals surface area contributed by atoms with Crippen LogP contribution in [0, 0.1) is 0 Å². The predicted molar refractivity (Wildman–Crippen MR) is 183 cm³/mol. The maximum Gasteiger partial charge on any atom is 0.272 e. The Balaban J connectivity index is 1.22. The number of thiophene rings is 1. The summed E-state index contributed by atoms with van der Waals surface area (Å²) >= 11 is 16.2. The molecule has 3 amide bonds. The van der Waals surface area contributed by atoms with E-state index in [0.29, 0.717) is 32.1 Å². The van der Waals surface area contributed by atoms with E-state index >= 15 is 0 Å². The molecule has 5 rings (SSSR count). The van der Waals surface area contributed by atoms with Crippen LogP contribution in [0.5, 0.6) is 0 Å². The fourth-order valence-corrected chi connectivity index (χ4v) is 6.49. The molecule has 1 atom stereocenters. The summed E-state index contributed by atoms with van der Waals surface area (Å²) in [5.41, 5.74) is 2.54. The first kappa shape index (κ1) is 31.5. The third-order valence-electron chi connectivity index (χ3n) is 6.08. The van der Waals surface area contributed by atoms with Crippen LogP contribution in [-0.4, -0.2) is 28.0 Å². The lowest BCUT2D eigenvalue weighted by atomic mass is 10.2. The van der Waals surface area contributed by atoms with Gasteiger partial charge in [0.25, 0.3) is 11.8 Å². The first-order valence-electron chi connectivity index (χ1n) is 13.2. The molecule has 0 fully saturated rings. The van der Waals surface area contributed by atoms with Crippen molar-refractivity contribution in [2.24, 2.45) is 0 Å². The molecule has 0 aliphatic rings. The van der Waals surface area contributed by atoms with E-state index in [0.717, 1.165) is 15.3 Å². The van der Waals surface area contributed by atoms with Crippen molar-refractivity contribution in [3.05, 3.63) is 122 Å². The minimum absolute atomic E-state index is 0.107. The van der Waals surface area contributed by atoms with Crippen LogP contribution >= 0.6 is 57.6 Å². The Morgan fingerprint density at radius 3 is 2.45 bits per heavy atom.